The van der Waals surface area contributed by atoms with E-state index in [-0.39, 0.29) is 11.5 Å². The van der Waals surface area contributed by atoms with Crippen molar-refractivity contribution in [2.24, 2.45) is 0 Å². The molecule has 0 atom stereocenters. The molecule has 0 spiro atoms. The van der Waals surface area contributed by atoms with Gasteiger partial charge in [-0.2, -0.15) is 0 Å². The van der Waals surface area contributed by atoms with Crippen LogP contribution in [0.5, 0.6) is 0 Å². The molecule has 6 nitrogen and oxygen atoms in total. The zero-order valence-electron chi connectivity index (χ0n) is 11.4. The fraction of sp³-hybridized carbons (Fsp3) is 0.429. The summed E-state index contributed by atoms with van der Waals surface area (Å²) in [6, 6.07) is 4.79. The van der Waals surface area contributed by atoms with Crippen LogP contribution in [0.1, 0.15) is 23.7 Å². The standard InChI is InChI=1S/C14H18N2O4/c1-2-13(17)15-11-9-10(14(18)19)3-4-12(11)16-5-7-20-8-6-16/h3-4,9H,2,5-8H2,1H3,(H,15,17)(H,18,19). The monoisotopic (exact) mass is 278 g/mol. The largest absolute Gasteiger partial charge is 0.478 e. The topological polar surface area (TPSA) is 78.9 Å². The lowest BCUT2D eigenvalue weighted by Gasteiger charge is -2.30. The van der Waals surface area contributed by atoms with E-state index in [9.17, 15) is 9.59 Å². The first kappa shape index (κ1) is 14.3. The van der Waals surface area contributed by atoms with Gasteiger partial charge in [-0.25, -0.2) is 4.79 Å². The normalized spacial score (nSPS) is 14.9. The van der Waals surface area contributed by atoms with Crippen molar-refractivity contribution in [3.8, 4) is 0 Å². The summed E-state index contributed by atoms with van der Waals surface area (Å²) >= 11 is 0. The minimum absolute atomic E-state index is 0.137. The second-order valence-electron chi connectivity index (χ2n) is 4.54. The van der Waals surface area contributed by atoms with Gasteiger partial charge in [0.15, 0.2) is 0 Å². The van der Waals surface area contributed by atoms with E-state index in [0.717, 1.165) is 18.8 Å². The van der Waals surface area contributed by atoms with Gasteiger partial charge in [-0.3, -0.25) is 4.79 Å². The SMILES string of the molecule is CCC(=O)Nc1cc(C(=O)O)ccc1N1CCOCC1. The molecule has 2 rings (SSSR count). The molecule has 0 unspecified atom stereocenters. The van der Waals surface area contributed by atoms with Crippen LogP contribution in [-0.2, 0) is 9.53 Å². The Hall–Kier alpha value is -2.08. The number of anilines is 2. The van der Waals surface area contributed by atoms with Gasteiger partial charge in [-0.15, -0.1) is 0 Å². The van der Waals surface area contributed by atoms with Gasteiger partial charge in [-0.05, 0) is 18.2 Å². The maximum absolute atomic E-state index is 11.6. The van der Waals surface area contributed by atoms with Crippen LogP contribution in [0.3, 0.4) is 0 Å². The van der Waals surface area contributed by atoms with Gasteiger partial charge >= 0.3 is 5.97 Å². The van der Waals surface area contributed by atoms with Crippen molar-refractivity contribution >= 4 is 23.3 Å². The number of aromatic carboxylic acids is 1. The predicted octanol–water partition coefficient (Wildman–Crippen LogP) is 1.57. The number of carboxylic acids is 1. The number of hydrogen-bond acceptors (Lipinski definition) is 4. The second kappa shape index (κ2) is 6.38. The Labute approximate surface area is 117 Å². The number of benzene rings is 1. The average Bonchev–Trinajstić information content (AvgIpc) is 2.47. The summed E-state index contributed by atoms with van der Waals surface area (Å²) in [7, 11) is 0. The number of carboxylic acid groups (broad SMARTS) is 1. The Morgan fingerprint density at radius 3 is 2.65 bits per heavy atom. The molecule has 1 heterocycles. The third-order valence-corrected chi connectivity index (χ3v) is 3.19. The van der Waals surface area contributed by atoms with E-state index in [2.05, 4.69) is 10.2 Å². The summed E-state index contributed by atoms with van der Waals surface area (Å²) in [4.78, 5) is 24.7. The first-order valence-corrected chi connectivity index (χ1v) is 6.61. The molecular weight excluding hydrogens is 260 g/mol. The highest BCUT2D eigenvalue weighted by Crippen LogP contribution is 2.28. The number of carbonyl (C=O) groups excluding carboxylic acids is 1. The molecule has 1 amide bonds. The number of amides is 1. The van der Waals surface area contributed by atoms with E-state index in [1.165, 1.54) is 6.07 Å². The van der Waals surface area contributed by atoms with Crippen LogP contribution in [0, 0.1) is 0 Å². The van der Waals surface area contributed by atoms with E-state index in [1.807, 2.05) is 0 Å². The molecule has 1 aromatic carbocycles. The Balaban J connectivity index is 2.32. The molecule has 0 aromatic heterocycles. The molecule has 1 aliphatic heterocycles. The van der Waals surface area contributed by atoms with E-state index in [4.69, 9.17) is 9.84 Å². The zero-order chi connectivity index (χ0) is 14.5. The average molecular weight is 278 g/mol. The first-order chi connectivity index (χ1) is 9.61. The Kier molecular flexibility index (Phi) is 4.57. The molecule has 1 saturated heterocycles. The number of nitrogens with one attached hydrogen (secondary N) is 1. The van der Waals surface area contributed by atoms with Crippen molar-refractivity contribution in [1.29, 1.82) is 0 Å². The van der Waals surface area contributed by atoms with Crippen LogP contribution in [-0.4, -0.2) is 43.3 Å². The van der Waals surface area contributed by atoms with Crippen molar-refractivity contribution in [1.82, 2.24) is 0 Å². The lowest BCUT2D eigenvalue weighted by molar-refractivity contribution is -0.115. The fourth-order valence-electron chi connectivity index (χ4n) is 2.09. The molecule has 108 valence electrons. The van der Waals surface area contributed by atoms with Crippen molar-refractivity contribution in [3.63, 3.8) is 0 Å². The van der Waals surface area contributed by atoms with Crippen LogP contribution in [0.4, 0.5) is 11.4 Å². The van der Waals surface area contributed by atoms with Crippen LogP contribution in [0.15, 0.2) is 18.2 Å². The van der Waals surface area contributed by atoms with Gasteiger partial charge in [0.1, 0.15) is 0 Å². The molecule has 0 bridgehead atoms. The molecule has 0 aliphatic carbocycles. The summed E-state index contributed by atoms with van der Waals surface area (Å²) < 4.78 is 5.30. The third kappa shape index (κ3) is 3.27. The summed E-state index contributed by atoms with van der Waals surface area (Å²) in [5.74, 6) is -1.15. The summed E-state index contributed by atoms with van der Waals surface area (Å²) in [6.07, 6.45) is 0.347. The minimum atomic E-state index is -1.01. The van der Waals surface area contributed by atoms with E-state index in [0.29, 0.717) is 25.3 Å². The Bertz CT molecular complexity index is 510. The number of morpholine rings is 1. The molecule has 2 N–H and O–H groups in total. The predicted molar refractivity (Wildman–Crippen MR) is 75.4 cm³/mol. The highest BCUT2D eigenvalue weighted by molar-refractivity contribution is 5.97. The van der Waals surface area contributed by atoms with E-state index in [1.54, 1.807) is 19.1 Å². The number of hydrogen-bond donors (Lipinski definition) is 2. The van der Waals surface area contributed by atoms with Gasteiger partial charge in [0.2, 0.25) is 5.91 Å². The Morgan fingerprint density at radius 1 is 1.35 bits per heavy atom. The van der Waals surface area contributed by atoms with Crippen LogP contribution < -0.4 is 10.2 Å². The van der Waals surface area contributed by atoms with Crippen molar-refractivity contribution in [2.45, 2.75) is 13.3 Å². The maximum atomic E-state index is 11.6. The lowest BCUT2D eigenvalue weighted by atomic mass is 10.1. The number of ether oxygens (including phenoxy) is 1. The highest BCUT2D eigenvalue weighted by atomic mass is 16.5. The second-order valence-corrected chi connectivity index (χ2v) is 4.54. The molecule has 1 fully saturated rings. The molecule has 20 heavy (non-hydrogen) atoms. The van der Waals surface area contributed by atoms with E-state index < -0.39 is 5.97 Å². The minimum Gasteiger partial charge on any atom is -0.478 e. The number of rotatable bonds is 4. The lowest BCUT2D eigenvalue weighted by Crippen LogP contribution is -2.36. The molecular formula is C14H18N2O4. The molecule has 1 aromatic rings. The molecule has 0 saturated carbocycles. The van der Waals surface area contributed by atoms with Crippen molar-refractivity contribution in [3.05, 3.63) is 23.8 Å². The third-order valence-electron chi connectivity index (χ3n) is 3.19. The smallest absolute Gasteiger partial charge is 0.335 e. The molecule has 0 radical (unpaired) electrons. The zero-order valence-corrected chi connectivity index (χ0v) is 11.4. The fourth-order valence-corrected chi connectivity index (χ4v) is 2.09. The van der Waals surface area contributed by atoms with Gasteiger partial charge in [0.05, 0.1) is 30.2 Å². The van der Waals surface area contributed by atoms with E-state index >= 15 is 0 Å². The van der Waals surface area contributed by atoms with Gasteiger partial charge in [0, 0.05) is 19.5 Å². The van der Waals surface area contributed by atoms with Crippen LogP contribution in [0.2, 0.25) is 0 Å². The highest BCUT2D eigenvalue weighted by Gasteiger charge is 2.17. The van der Waals surface area contributed by atoms with Gasteiger partial charge in [-0.1, -0.05) is 6.92 Å². The molecule has 1 aliphatic rings. The van der Waals surface area contributed by atoms with Crippen molar-refractivity contribution < 1.29 is 19.4 Å². The summed E-state index contributed by atoms with van der Waals surface area (Å²) in [5.41, 5.74) is 1.53. The Morgan fingerprint density at radius 2 is 2.05 bits per heavy atom. The number of nitrogens with zero attached hydrogens (tertiary/aromatic N) is 1. The number of carbonyl (C=O) groups is 2. The molecule has 6 heteroatoms. The first-order valence-electron chi connectivity index (χ1n) is 6.61. The van der Waals surface area contributed by atoms with Gasteiger partial charge < -0.3 is 20.1 Å². The maximum Gasteiger partial charge on any atom is 0.335 e. The summed E-state index contributed by atoms with van der Waals surface area (Å²) in [5, 5.41) is 11.8. The van der Waals surface area contributed by atoms with Crippen LogP contribution >= 0.6 is 0 Å². The summed E-state index contributed by atoms with van der Waals surface area (Å²) in [6.45, 7) is 4.46. The van der Waals surface area contributed by atoms with Crippen LogP contribution in [0.25, 0.3) is 0 Å². The van der Waals surface area contributed by atoms with Gasteiger partial charge in [0.25, 0.3) is 0 Å². The van der Waals surface area contributed by atoms with Crippen molar-refractivity contribution in [2.75, 3.05) is 36.5 Å². The quantitative estimate of drug-likeness (QED) is 0.874.